The summed E-state index contributed by atoms with van der Waals surface area (Å²) in [5, 5.41) is 8.87. The number of aryl methyl sites for hydroxylation is 2. The normalized spacial score (nSPS) is 21.5. The fraction of sp³-hybridized carbons (Fsp3) is 0.562. The van der Waals surface area contributed by atoms with E-state index in [1.807, 2.05) is 0 Å². The Morgan fingerprint density at radius 3 is 2.84 bits per heavy atom. The minimum absolute atomic E-state index is 0.302. The molecular weight excluding hydrogens is 238 g/mol. The Kier molecular flexibility index (Phi) is 4.25. The van der Waals surface area contributed by atoms with Crippen LogP contribution in [-0.4, -0.2) is 29.1 Å². The van der Waals surface area contributed by atoms with Crippen molar-refractivity contribution in [1.29, 1.82) is 0 Å². The Hall–Kier alpha value is -1.35. The Morgan fingerprint density at radius 1 is 1.47 bits per heavy atom. The molecule has 0 amide bonds. The highest BCUT2D eigenvalue weighted by atomic mass is 16.4. The molecule has 1 saturated heterocycles. The number of carbonyl (C=O) groups is 1. The quantitative estimate of drug-likeness (QED) is 0.905. The van der Waals surface area contributed by atoms with Crippen molar-refractivity contribution < 1.29 is 9.90 Å². The first-order valence-electron chi connectivity index (χ1n) is 7.00. The number of hydrogen-bond acceptors (Lipinski definition) is 2. The molecule has 0 radical (unpaired) electrons. The van der Waals surface area contributed by atoms with Crippen LogP contribution in [0.25, 0.3) is 0 Å². The van der Waals surface area contributed by atoms with Crippen LogP contribution in [0.15, 0.2) is 18.2 Å². The van der Waals surface area contributed by atoms with Crippen LogP contribution >= 0.6 is 0 Å². The molecule has 104 valence electrons. The van der Waals surface area contributed by atoms with Crippen LogP contribution in [-0.2, 0) is 4.79 Å². The average Bonchev–Trinajstić information content (AvgIpc) is 2.75. The summed E-state index contributed by atoms with van der Waals surface area (Å²) in [5.41, 5.74) is 3.98. The van der Waals surface area contributed by atoms with Crippen molar-refractivity contribution >= 4 is 5.97 Å². The third kappa shape index (κ3) is 3.35. The van der Waals surface area contributed by atoms with Gasteiger partial charge in [-0.25, -0.2) is 0 Å². The van der Waals surface area contributed by atoms with Gasteiger partial charge < -0.3 is 5.11 Å². The first-order valence-corrected chi connectivity index (χ1v) is 7.00. The van der Waals surface area contributed by atoms with E-state index in [0.717, 1.165) is 19.5 Å². The van der Waals surface area contributed by atoms with E-state index in [4.69, 9.17) is 5.11 Å². The van der Waals surface area contributed by atoms with E-state index in [2.05, 4.69) is 43.9 Å². The summed E-state index contributed by atoms with van der Waals surface area (Å²) in [4.78, 5) is 13.2. The SMILES string of the molecule is Cc1ccc(C(C)N2CCC(CC(=O)O)C2)c(C)c1. The molecule has 19 heavy (non-hydrogen) atoms. The Morgan fingerprint density at radius 2 is 2.21 bits per heavy atom. The van der Waals surface area contributed by atoms with E-state index < -0.39 is 5.97 Å². The van der Waals surface area contributed by atoms with E-state index in [-0.39, 0.29) is 0 Å². The number of hydrogen-bond donors (Lipinski definition) is 1. The number of rotatable bonds is 4. The minimum atomic E-state index is -0.675. The number of nitrogens with zero attached hydrogens (tertiary/aromatic N) is 1. The molecule has 0 aromatic heterocycles. The molecule has 3 nitrogen and oxygen atoms in total. The maximum absolute atomic E-state index is 10.8. The Bertz CT molecular complexity index is 470. The van der Waals surface area contributed by atoms with Crippen LogP contribution in [0.4, 0.5) is 0 Å². The molecule has 0 saturated carbocycles. The molecule has 0 spiro atoms. The number of likely N-dealkylation sites (tertiary alicyclic amines) is 1. The predicted octanol–water partition coefficient (Wildman–Crippen LogP) is 3.16. The van der Waals surface area contributed by atoms with Crippen LogP contribution in [0, 0.1) is 19.8 Å². The molecule has 2 rings (SSSR count). The highest BCUT2D eigenvalue weighted by molar-refractivity contribution is 5.67. The third-order valence-electron chi connectivity index (χ3n) is 4.20. The molecule has 1 N–H and O–H groups in total. The van der Waals surface area contributed by atoms with Crippen LogP contribution in [0.2, 0.25) is 0 Å². The zero-order valence-corrected chi connectivity index (χ0v) is 12.0. The van der Waals surface area contributed by atoms with Crippen molar-refractivity contribution in [2.45, 2.75) is 39.7 Å². The lowest BCUT2D eigenvalue weighted by molar-refractivity contribution is -0.138. The van der Waals surface area contributed by atoms with Crippen molar-refractivity contribution in [3.8, 4) is 0 Å². The van der Waals surface area contributed by atoms with Gasteiger partial charge in [-0.15, -0.1) is 0 Å². The molecule has 3 heteroatoms. The van der Waals surface area contributed by atoms with Gasteiger partial charge in [0.15, 0.2) is 0 Å². The van der Waals surface area contributed by atoms with E-state index in [1.54, 1.807) is 0 Å². The largest absolute Gasteiger partial charge is 0.481 e. The second-order valence-electron chi connectivity index (χ2n) is 5.78. The van der Waals surface area contributed by atoms with Crippen LogP contribution < -0.4 is 0 Å². The van der Waals surface area contributed by atoms with Gasteiger partial charge in [0, 0.05) is 19.0 Å². The molecule has 1 aromatic carbocycles. The minimum Gasteiger partial charge on any atom is -0.481 e. The molecule has 1 heterocycles. The van der Waals surface area contributed by atoms with E-state index >= 15 is 0 Å². The predicted molar refractivity (Wildman–Crippen MR) is 76.3 cm³/mol. The molecule has 0 aliphatic carbocycles. The van der Waals surface area contributed by atoms with E-state index in [0.29, 0.717) is 18.4 Å². The maximum atomic E-state index is 10.8. The maximum Gasteiger partial charge on any atom is 0.303 e. The second kappa shape index (κ2) is 5.74. The molecule has 2 unspecified atom stereocenters. The zero-order valence-electron chi connectivity index (χ0n) is 12.0. The molecule has 1 aliphatic rings. The summed E-state index contributed by atoms with van der Waals surface area (Å²) in [6.07, 6.45) is 1.30. The molecule has 0 bridgehead atoms. The summed E-state index contributed by atoms with van der Waals surface area (Å²) in [6, 6.07) is 6.96. The van der Waals surface area contributed by atoms with Gasteiger partial charge in [0.2, 0.25) is 0 Å². The van der Waals surface area contributed by atoms with Crippen LogP contribution in [0.3, 0.4) is 0 Å². The second-order valence-corrected chi connectivity index (χ2v) is 5.78. The highest BCUT2D eigenvalue weighted by Crippen LogP contribution is 2.30. The molecule has 2 atom stereocenters. The van der Waals surface area contributed by atoms with Gasteiger partial charge in [0.25, 0.3) is 0 Å². The van der Waals surface area contributed by atoms with Crippen molar-refractivity contribution in [2.24, 2.45) is 5.92 Å². The van der Waals surface area contributed by atoms with Crippen molar-refractivity contribution in [3.05, 3.63) is 34.9 Å². The lowest BCUT2D eigenvalue weighted by Crippen LogP contribution is -2.25. The average molecular weight is 261 g/mol. The zero-order chi connectivity index (χ0) is 14.0. The van der Waals surface area contributed by atoms with E-state index in [1.165, 1.54) is 16.7 Å². The van der Waals surface area contributed by atoms with Gasteiger partial charge in [-0.3, -0.25) is 9.69 Å². The summed E-state index contributed by atoms with van der Waals surface area (Å²) in [7, 11) is 0. The number of benzene rings is 1. The van der Waals surface area contributed by atoms with Gasteiger partial charge in [0.05, 0.1) is 0 Å². The molecule has 1 fully saturated rings. The van der Waals surface area contributed by atoms with Gasteiger partial charge in [0.1, 0.15) is 0 Å². The first-order chi connectivity index (χ1) is 8.97. The van der Waals surface area contributed by atoms with Crippen LogP contribution in [0.1, 0.15) is 42.5 Å². The topological polar surface area (TPSA) is 40.5 Å². The van der Waals surface area contributed by atoms with Gasteiger partial charge in [-0.05, 0) is 50.8 Å². The molecule has 1 aromatic rings. The number of carboxylic acids is 1. The van der Waals surface area contributed by atoms with Crippen molar-refractivity contribution in [3.63, 3.8) is 0 Å². The Balaban J connectivity index is 2.04. The summed E-state index contributed by atoms with van der Waals surface area (Å²) >= 11 is 0. The molecule has 1 aliphatic heterocycles. The van der Waals surface area contributed by atoms with Gasteiger partial charge in [-0.2, -0.15) is 0 Å². The fourth-order valence-electron chi connectivity index (χ4n) is 3.12. The Labute approximate surface area is 115 Å². The summed E-state index contributed by atoms with van der Waals surface area (Å²) in [6.45, 7) is 8.40. The summed E-state index contributed by atoms with van der Waals surface area (Å²) < 4.78 is 0. The highest BCUT2D eigenvalue weighted by Gasteiger charge is 2.28. The van der Waals surface area contributed by atoms with Crippen molar-refractivity contribution in [1.82, 2.24) is 4.90 Å². The van der Waals surface area contributed by atoms with Gasteiger partial charge in [-0.1, -0.05) is 23.8 Å². The summed E-state index contributed by atoms with van der Waals surface area (Å²) in [5.74, 6) is -0.364. The van der Waals surface area contributed by atoms with Crippen molar-refractivity contribution in [2.75, 3.05) is 13.1 Å². The number of carboxylic acid groups (broad SMARTS) is 1. The van der Waals surface area contributed by atoms with Crippen LogP contribution in [0.5, 0.6) is 0 Å². The third-order valence-corrected chi connectivity index (χ3v) is 4.20. The lowest BCUT2D eigenvalue weighted by atomic mass is 9.99. The fourth-order valence-corrected chi connectivity index (χ4v) is 3.12. The standard InChI is InChI=1S/C16H23NO2/c1-11-4-5-15(12(2)8-11)13(3)17-7-6-14(10-17)9-16(18)19/h4-5,8,13-14H,6-7,9-10H2,1-3H3,(H,18,19). The monoisotopic (exact) mass is 261 g/mol. The smallest absolute Gasteiger partial charge is 0.303 e. The van der Waals surface area contributed by atoms with E-state index in [9.17, 15) is 4.79 Å². The molecular formula is C16H23NO2. The lowest BCUT2D eigenvalue weighted by Gasteiger charge is -2.26. The first kappa shape index (κ1) is 14.1. The van der Waals surface area contributed by atoms with Gasteiger partial charge >= 0.3 is 5.97 Å². The number of aliphatic carboxylic acids is 1.